The Bertz CT molecular complexity index is 1110. The SMILES string of the molecule is Cc1cc(C2CCN(C3CCN(C(C)C)CC3)CC2)cn2cc(-c3ccc([S+](C)[O-])cc3)nc12. The highest BCUT2D eigenvalue weighted by Crippen LogP contribution is 2.32. The molecule has 1 unspecified atom stereocenters. The molecule has 34 heavy (non-hydrogen) atoms. The van der Waals surface area contributed by atoms with E-state index in [2.05, 4.69) is 53.4 Å². The summed E-state index contributed by atoms with van der Waals surface area (Å²) in [5.74, 6) is 0.625. The minimum Gasteiger partial charge on any atom is -0.612 e. The van der Waals surface area contributed by atoms with Gasteiger partial charge in [0, 0.05) is 30.0 Å². The first kappa shape index (κ1) is 23.9. The first-order chi connectivity index (χ1) is 16.4. The molecule has 1 atom stereocenters. The van der Waals surface area contributed by atoms with E-state index in [9.17, 15) is 4.55 Å². The van der Waals surface area contributed by atoms with Crippen LogP contribution in [-0.4, -0.2) is 68.3 Å². The fraction of sp³-hybridized carbons (Fsp3) is 0.536. The lowest BCUT2D eigenvalue weighted by atomic mass is 9.88. The second kappa shape index (κ2) is 10.0. The van der Waals surface area contributed by atoms with Crippen LogP contribution in [0.2, 0.25) is 0 Å². The second-order valence-corrected chi connectivity index (χ2v) is 11.8. The fourth-order valence-electron chi connectivity index (χ4n) is 5.84. The van der Waals surface area contributed by atoms with Crippen LogP contribution in [0.15, 0.2) is 47.6 Å². The van der Waals surface area contributed by atoms with Gasteiger partial charge in [0.15, 0.2) is 4.90 Å². The molecule has 3 aromatic rings. The molecule has 5 rings (SSSR count). The Kier molecular flexibility index (Phi) is 7.03. The normalized spacial score (nSPS) is 20.4. The van der Waals surface area contributed by atoms with E-state index in [-0.39, 0.29) is 0 Å². The molecule has 4 heterocycles. The van der Waals surface area contributed by atoms with Crippen LogP contribution >= 0.6 is 0 Å². The highest BCUT2D eigenvalue weighted by Gasteiger charge is 2.29. The lowest BCUT2D eigenvalue weighted by Crippen LogP contribution is -2.48. The first-order valence-electron chi connectivity index (χ1n) is 12.8. The van der Waals surface area contributed by atoms with Crippen LogP contribution in [0.3, 0.4) is 0 Å². The number of rotatable bonds is 5. The number of piperidine rings is 2. The fourth-order valence-corrected chi connectivity index (χ4v) is 6.36. The smallest absolute Gasteiger partial charge is 0.152 e. The minimum absolute atomic E-state index is 0.625. The van der Waals surface area contributed by atoms with Crippen LogP contribution in [0.5, 0.6) is 0 Å². The number of likely N-dealkylation sites (tertiary alicyclic amines) is 2. The van der Waals surface area contributed by atoms with E-state index in [0.29, 0.717) is 12.0 Å². The van der Waals surface area contributed by atoms with Gasteiger partial charge in [0.05, 0.1) is 5.69 Å². The largest absolute Gasteiger partial charge is 0.612 e. The zero-order chi connectivity index (χ0) is 23.8. The number of hydrogen-bond acceptors (Lipinski definition) is 4. The number of benzene rings is 1. The molecule has 0 N–H and O–H groups in total. The molecular weight excluding hydrogens is 440 g/mol. The van der Waals surface area contributed by atoms with E-state index in [0.717, 1.165) is 27.8 Å². The van der Waals surface area contributed by atoms with Gasteiger partial charge in [-0.3, -0.25) is 0 Å². The topological polar surface area (TPSA) is 46.8 Å². The Morgan fingerprint density at radius 1 is 0.971 bits per heavy atom. The second-order valence-electron chi connectivity index (χ2n) is 10.5. The van der Waals surface area contributed by atoms with Crippen LogP contribution in [-0.2, 0) is 11.2 Å². The Morgan fingerprint density at radius 2 is 1.65 bits per heavy atom. The Labute approximate surface area is 207 Å². The molecule has 2 fully saturated rings. The van der Waals surface area contributed by atoms with Crippen molar-refractivity contribution in [2.24, 2.45) is 0 Å². The maximum absolute atomic E-state index is 11.7. The molecular formula is C28H38N4OS. The first-order valence-corrected chi connectivity index (χ1v) is 14.4. The summed E-state index contributed by atoms with van der Waals surface area (Å²) in [5, 5.41) is 0. The molecule has 0 spiro atoms. The highest BCUT2D eigenvalue weighted by atomic mass is 32.2. The molecule has 2 saturated heterocycles. The van der Waals surface area contributed by atoms with Gasteiger partial charge >= 0.3 is 0 Å². The molecule has 1 aromatic carbocycles. The van der Waals surface area contributed by atoms with E-state index in [1.807, 2.05) is 24.3 Å². The van der Waals surface area contributed by atoms with Crippen molar-refractivity contribution < 1.29 is 4.55 Å². The molecule has 6 heteroatoms. The van der Waals surface area contributed by atoms with Gasteiger partial charge in [0.25, 0.3) is 0 Å². The molecule has 0 aliphatic carbocycles. The summed E-state index contributed by atoms with van der Waals surface area (Å²) in [6.45, 7) is 11.7. The molecule has 2 aliphatic heterocycles. The van der Waals surface area contributed by atoms with E-state index in [1.165, 1.54) is 63.0 Å². The Hall–Kier alpha value is -1.86. The average molecular weight is 479 g/mol. The maximum Gasteiger partial charge on any atom is 0.152 e. The van der Waals surface area contributed by atoms with Crippen LogP contribution in [0, 0.1) is 6.92 Å². The predicted octanol–water partition coefficient (Wildman–Crippen LogP) is 5.10. The summed E-state index contributed by atoms with van der Waals surface area (Å²) in [4.78, 5) is 11.2. The zero-order valence-corrected chi connectivity index (χ0v) is 21.9. The van der Waals surface area contributed by atoms with Gasteiger partial charge in [-0.1, -0.05) is 6.07 Å². The Morgan fingerprint density at radius 3 is 2.26 bits per heavy atom. The molecule has 0 saturated carbocycles. The van der Waals surface area contributed by atoms with E-state index < -0.39 is 11.2 Å². The lowest BCUT2D eigenvalue weighted by molar-refractivity contribution is 0.0753. The zero-order valence-electron chi connectivity index (χ0n) is 21.0. The number of nitrogens with zero attached hydrogens (tertiary/aromatic N) is 4. The molecule has 182 valence electrons. The van der Waals surface area contributed by atoms with Crippen LogP contribution in [0.4, 0.5) is 0 Å². The van der Waals surface area contributed by atoms with Crippen molar-refractivity contribution in [3.8, 4) is 11.3 Å². The summed E-state index contributed by atoms with van der Waals surface area (Å²) in [5.41, 5.74) is 5.74. The van der Waals surface area contributed by atoms with Gasteiger partial charge in [0.1, 0.15) is 11.9 Å². The summed E-state index contributed by atoms with van der Waals surface area (Å²) >= 11 is -0.958. The van der Waals surface area contributed by atoms with Gasteiger partial charge in [-0.25, -0.2) is 4.98 Å². The number of imidazole rings is 1. The average Bonchev–Trinajstić information content (AvgIpc) is 3.29. The van der Waals surface area contributed by atoms with Crippen molar-refractivity contribution in [1.29, 1.82) is 0 Å². The predicted molar refractivity (Wildman–Crippen MR) is 141 cm³/mol. The molecule has 2 aliphatic rings. The Balaban J connectivity index is 1.27. The van der Waals surface area contributed by atoms with Crippen molar-refractivity contribution >= 4 is 16.8 Å². The molecule has 0 bridgehead atoms. The van der Waals surface area contributed by atoms with Gasteiger partial charge < -0.3 is 18.8 Å². The summed E-state index contributed by atoms with van der Waals surface area (Å²) in [7, 11) is 0. The number of pyridine rings is 1. The van der Waals surface area contributed by atoms with E-state index in [1.54, 1.807) is 6.26 Å². The molecule has 0 radical (unpaired) electrons. The van der Waals surface area contributed by atoms with Gasteiger partial charge in [-0.2, -0.15) is 0 Å². The van der Waals surface area contributed by atoms with Crippen molar-refractivity contribution in [3.63, 3.8) is 0 Å². The van der Waals surface area contributed by atoms with Crippen LogP contribution in [0.25, 0.3) is 16.9 Å². The summed E-state index contributed by atoms with van der Waals surface area (Å²) < 4.78 is 13.9. The third kappa shape index (κ3) is 4.92. The summed E-state index contributed by atoms with van der Waals surface area (Å²) in [6.07, 6.45) is 11.3. The molecule has 5 nitrogen and oxygen atoms in total. The van der Waals surface area contributed by atoms with Gasteiger partial charge in [0.2, 0.25) is 0 Å². The standard InChI is InChI=1S/C28H38N4OS/c1-20(2)30-15-11-25(12-16-30)31-13-9-22(10-14-31)24-17-21(3)28-29-27(19-32(28)18-24)23-5-7-26(8-6-23)34(4)33/h5-8,17-20,22,25H,9-16H2,1-4H3. The molecule has 2 aromatic heterocycles. The van der Waals surface area contributed by atoms with Crippen LogP contribution < -0.4 is 0 Å². The monoisotopic (exact) mass is 478 g/mol. The number of aromatic nitrogens is 2. The van der Waals surface area contributed by atoms with Crippen molar-refractivity contribution in [2.45, 2.75) is 69.4 Å². The third-order valence-electron chi connectivity index (χ3n) is 7.99. The van der Waals surface area contributed by atoms with Crippen LogP contribution in [0.1, 0.15) is 56.6 Å². The third-order valence-corrected chi connectivity index (χ3v) is 8.92. The maximum atomic E-state index is 11.7. The van der Waals surface area contributed by atoms with Crippen molar-refractivity contribution in [1.82, 2.24) is 19.2 Å². The van der Waals surface area contributed by atoms with Gasteiger partial charge in [-0.15, -0.1) is 0 Å². The minimum atomic E-state index is -0.958. The van der Waals surface area contributed by atoms with Crippen molar-refractivity contribution in [2.75, 3.05) is 32.4 Å². The quantitative estimate of drug-likeness (QED) is 0.479. The molecule has 0 amide bonds. The number of aryl methyl sites for hydroxylation is 1. The van der Waals surface area contributed by atoms with Crippen molar-refractivity contribution in [3.05, 3.63) is 53.9 Å². The number of hydrogen-bond donors (Lipinski definition) is 0. The highest BCUT2D eigenvalue weighted by molar-refractivity contribution is 7.90. The lowest BCUT2D eigenvalue weighted by Gasteiger charge is -2.42. The van der Waals surface area contributed by atoms with E-state index in [4.69, 9.17) is 4.98 Å². The van der Waals surface area contributed by atoms with E-state index >= 15 is 0 Å². The summed E-state index contributed by atoms with van der Waals surface area (Å²) in [6, 6.07) is 11.7. The number of fused-ring (bicyclic) bond motifs is 1. The van der Waals surface area contributed by atoms with Gasteiger partial charge in [-0.05, 0) is 125 Å².